The van der Waals surface area contributed by atoms with Gasteiger partial charge in [-0.3, -0.25) is 4.79 Å². The lowest BCUT2D eigenvalue weighted by molar-refractivity contribution is -0.127. The Morgan fingerprint density at radius 3 is 2.30 bits per heavy atom. The molecule has 0 aliphatic carbocycles. The lowest BCUT2D eigenvalue weighted by Crippen LogP contribution is -2.51. The summed E-state index contributed by atoms with van der Waals surface area (Å²) in [5.41, 5.74) is -0.507. The van der Waals surface area contributed by atoms with Gasteiger partial charge in [-0.05, 0) is 61.6 Å². The van der Waals surface area contributed by atoms with Crippen LogP contribution in [0.1, 0.15) is 26.5 Å². The predicted molar refractivity (Wildman–Crippen MR) is 94.8 cm³/mol. The largest absolute Gasteiger partial charge is 0.451 e. The van der Waals surface area contributed by atoms with Crippen molar-refractivity contribution in [2.45, 2.75) is 26.4 Å². The highest BCUT2D eigenvalue weighted by Crippen LogP contribution is 2.13. The summed E-state index contributed by atoms with van der Waals surface area (Å²) in [5, 5.41) is 0. The minimum Gasteiger partial charge on any atom is -0.451 e. The van der Waals surface area contributed by atoms with E-state index in [4.69, 9.17) is 9.15 Å². The molecule has 0 spiro atoms. The van der Waals surface area contributed by atoms with E-state index < -0.39 is 5.60 Å². The fraction of sp³-hybridized carbons (Fsp3) is 0.500. The standard InChI is InChI=1S/C16H21IN2O4/c1-16(2,3)23-15(21)19-10-8-18(9-11-19)14(20)7-5-12-4-6-13(17)22-12/h4-7H,8-11H2,1-3H3/b7-5+. The number of piperazine rings is 1. The highest BCUT2D eigenvalue weighted by Gasteiger charge is 2.26. The van der Waals surface area contributed by atoms with E-state index in [0.29, 0.717) is 31.9 Å². The topological polar surface area (TPSA) is 63.0 Å². The van der Waals surface area contributed by atoms with Gasteiger partial charge < -0.3 is 19.0 Å². The van der Waals surface area contributed by atoms with Crippen molar-refractivity contribution in [1.82, 2.24) is 9.80 Å². The second kappa shape index (κ2) is 7.37. The maximum Gasteiger partial charge on any atom is 0.410 e. The molecule has 0 saturated carbocycles. The Bertz CT molecular complexity index is 595. The molecule has 23 heavy (non-hydrogen) atoms. The molecule has 2 rings (SSSR count). The van der Waals surface area contributed by atoms with Crippen LogP contribution < -0.4 is 0 Å². The third kappa shape index (κ3) is 5.56. The van der Waals surface area contributed by atoms with Gasteiger partial charge in [0.25, 0.3) is 0 Å². The normalized spacial score (nSPS) is 16.0. The second-order valence-corrected chi connectivity index (χ2v) is 7.33. The van der Waals surface area contributed by atoms with Gasteiger partial charge in [-0.2, -0.15) is 0 Å². The van der Waals surface area contributed by atoms with E-state index in [2.05, 4.69) is 22.6 Å². The lowest BCUT2D eigenvalue weighted by Gasteiger charge is -2.35. The molecular weight excluding hydrogens is 411 g/mol. The maximum absolute atomic E-state index is 12.1. The Balaban J connectivity index is 1.83. The Morgan fingerprint density at radius 1 is 1.17 bits per heavy atom. The van der Waals surface area contributed by atoms with Crippen molar-refractivity contribution in [3.63, 3.8) is 0 Å². The van der Waals surface area contributed by atoms with Crippen molar-refractivity contribution in [2.24, 2.45) is 0 Å². The van der Waals surface area contributed by atoms with Crippen LogP contribution in [0.15, 0.2) is 22.6 Å². The average molecular weight is 432 g/mol. The summed E-state index contributed by atoms with van der Waals surface area (Å²) in [5.74, 6) is 0.565. The van der Waals surface area contributed by atoms with Crippen molar-refractivity contribution in [1.29, 1.82) is 0 Å². The molecular formula is C16H21IN2O4. The molecule has 1 aromatic heterocycles. The summed E-state index contributed by atoms with van der Waals surface area (Å²) in [6.07, 6.45) is 2.83. The van der Waals surface area contributed by atoms with E-state index in [1.807, 2.05) is 32.9 Å². The van der Waals surface area contributed by atoms with Crippen molar-refractivity contribution < 1.29 is 18.7 Å². The van der Waals surface area contributed by atoms with E-state index in [-0.39, 0.29) is 12.0 Å². The minimum absolute atomic E-state index is 0.0831. The number of furan rings is 1. The Kier molecular flexibility index (Phi) is 5.72. The first-order chi connectivity index (χ1) is 10.7. The number of hydrogen-bond donors (Lipinski definition) is 0. The SMILES string of the molecule is CC(C)(C)OC(=O)N1CCN(C(=O)/C=C/c2ccc(I)o2)CC1. The van der Waals surface area contributed by atoms with Crippen LogP contribution in [0.5, 0.6) is 0 Å². The molecule has 0 radical (unpaired) electrons. The molecule has 1 saturated heterocycles. The Hall–Kier alpha value is -1.51. The van der Waals surface area contributed by atoms with E-state index in [1.165, 1.54) is 6.08 Å². The number of hydrogen-bond acceptors (Lipinski definition) is 4. The average Bonchev–Trinajstić information content (AvgIpc) is 2.89. The number of carbonyl (C=O) groups excluding carboxylic acids is 2. The van der Waals surface area contributed by atoms with Crippen LogP contribution in [0, 0.1) is 3.77 Å². The molecule has 0 N–H and O–H groups in total. The summed E-state index contributed by atoms with van der Waals surface area (Å²) in [4.78, 5) is 27.5. The first-order valence-corrected chi connectivity index (χ1v) is 8.53. The lowest BCUT2D eigenvalue weighted by atomic mass is 10.2. The van der Waals surface area contributed by atoms with Gasteiger partial charge in [0, 0.05) is 32.3 Å². The smallest absolute Gasteiger partial charge is 0.410 e. The molecule has 1 aliphatic rings. The van der Waals surface area contributed by atoms with E-state index in [1.54, 1.807) is 15.9 Å². The molecule has 0 unspecified atom stereocenters. The molecule has 0 atom stereocenters. The zero-order chi connectivity index (χ0) is 17.0. The third-order valence-corrected chi connectivity index (χ3v) is 3.81. The van der Waals surface area contributed by atoms with E-state index in [0.717, 1.165) is 3.77 Å². The molecule has 1 aliphatic heterocycles. The van der Waals surface area contributed by atoms with E-state index in [9.17, 15) is 9.59 Å². The fourth-order valence-electron chi connectivity index (χ4n) is 2.11. The summed E-state index contributed by atoms with van der Waals surface area (Å²) in [6, 6.07) is 3.65. The Morgan fingerprint density at radius 2 is 1.78 bits per heavy atom. The zero-order valence-corrected chi connectivity index (χ0v) is 15.7. The van der Waals surface area contributed by atoms with Gasteiger partial charge in [-0.1, -0.05) is 0 Å². The fourth-order valence-corrected chi connectivity index (χ4v) is 2.55. The van der Waals surface area contributed by atoms with Gasteiger partial charge >= 0.3 is 6.09 Å². The minimum atomic E-state index is -0.507. The van der Waals surface area contributed by atoms with Crippen LogP contribution >= 0.6 is 22.6 Å². The molecule has 0 aromatic carbocycles. The van der Waals surface area contributed by atoms with Crippen LogP contribution in [0.4, 0.5) is 4.79 Å². The summed E-state index contributed by atoms with van der Waals surface area (Å²) >= 11 is 2.07. The molecule has 6 nitrogen and oxygen atoms in total. The van der Waals surface area contributed by atoms with Gasteiger partial charge in [0.2, 0.25) is 5.91 Å². The Labute approximate surface area is 149 Å². The highest BCUT2D eigenvalue weighted by molar-refractivity contribution is 14.1. The predicted octanol–water partition coefficient (Wildman–Crippen LogP) is 2.98. The van der Waals surface area contributed by atoms with E-state index >= 15 is 0 Å². The van der Waals surface area contributed by atoms with Gasteiger partial charge in [-0.25, -0.2) is 4.79 Å². The van der Waals surface area contributed by atoms with Gasteiger partial charge in [-0.15, -0.1) is 0 Å². The molecule has 7 heteroatoms. The quantitative estimate of drug-likeness (QED) is 0.533. The van der Waals surface area contributed by atoms with Crippen molar-refractivity contribution >= 4 is 40.7 Å². The van der Waals surface area contributed by atoms with Crippen LogP contribution in [0.25, 0.3) is 6.08 Å². The van der Waals surface area contributed by atoms with Crippen molar-refractivity contribution in [3.05, 3.63) is 27.7 Å². The van der Waals surface area contributed by atoms with Crippen LogP contribution in [0.3, 0.4) is 0 Å². The zero-order valence-electron chi connectivity index (χ0n) is 13.5. The monoisotopic (exact) mass is 432 g/mol. The van der Waals surface area contributed by atoms with Crippen LogP contribution in [0.2, 0.25) is 0 Å². The third-order valence-electron chi connectivity index (χ3n) is 3.23. The number of nitrogens with zero attached hydrogens (tertiary/aromatic N) is 2. The first kappa shape index (κ1) is 17.8. The molecule has 1 fully saturated rings. The van der Waals surface area contributed by atoms with Crippen LogP contribution in [-0.4, -0.2) is 53.6 Å². The first-order valence-electron chi connectivity index (χ1n) is 7.45. The number of halogens is 1. The second-order valence-electron chi connectivity index (χ2n) is 6.27. The number of rotatable bonds is 2. The number of carbonyl (C=O) groups is 2. The van der Waals surface area contributed by atoms with Crippen molar-refractivity contribution in [3.8, 4) is 0 Å². The summed E-state index contributed by atoms with van der Waals surface area (Å²) in [6.45, 7) is 7.47. The summed E-state index contributed by atoms with van der Waals surface area (Å²) in [7, 11) is 0. The summed E-state index contributed by atoms with van der Waals surface area (Å²) < 4.78 is 11.5. The molecule has 2 heterocycles. The molecule has 1 aromatic rings. The van der Waals surface area contributed by atoms with Gasteiger partial charge in [0.05, 0.1) is 0 Å². The molecule has 2 amide bonds. The highest BCUT2D eigenvalue weighted by atomic mass is 127. The maximum atomic E-state index is 12.1. The molecule has 0 bridgehead atoms. The van der Waals surface area contributed by atoms with Gasteiger partial charge in [0.1, 0.15) is 11.4 Å². The number of amides is 2. The molecule has 126 valence electrons. The van der Waals surface area contributed by atoms with Crippen LogP contribution in [-0.2, 0) is 9.53 Å². The number of ether oxygens (including phenoxy) is 1. The van der Waals surface area contributed by atoms with Crippen molar-refractivity contribution in [2.75, 3.05) is 26.2 Å². The van der Waals surface area contributed by atoms with Gasteiger partial charge in [0.15, 0.2) is 3.77 Å².